The summed E-state index contributed by atoms with van der Waals surface area (Å²) in [6, 6.07) is 1.87. The molecule has 0 atom stereocenters. The van der Waals surface area contributed by atoms with Gasteiger partial charge < -0.3 is 10.5 Å². The summed E-state index contributed by atoms with van der Waals surface area (Å²) in [4.78, 5) is 19.7. The molecule has 0 saturated heterocycles. The average Bonchev–Trinajstić information content (AvgIpc) is 2.65. The summed E-state index contributed by atoms with van der Waals surface area (Å²) >= 11 is 0. The number of nitrogens with zero attached hydrogens (tertiary/aromatic N) is 3. The number of hydrogen-bond donors (Lipinski definition) is 1. The largest absolute Gasteiger partial charge is 0.464 e. The SMILES string of the molecule is COC(=O)c1nc(C)n(-c2cnccc2C)c1N. The first-order valence-corrected chi connectivity index (χ1v) is 5.40. The summed E-state index contributed by atoms with van der Waals surface area (Å²) < 4.78 is 6.33. The number of ether oxygens (including phenoxy) is 1. The Kier molecular flexibility index (Phi) is 3.01. The van der Waals surface area contributed by atoms with Crippen LogP contribution in [-0.2, 0) is 4.74 Å². The Hall–Kier alpha value is -2.37. The van der Waals surface area contributed by atoms with Gasteiger partial charge in [-0.15, -0.1) is 0 Å². The number of nitrogen functional groups attached to an aromatic ring is 1. The van der Waals surface area contributed by atoms with E-state index in [1.54, 1.807) is 23.9 Å². The number of imidazole rings is 1. The molecule has 0 aliphatic heterocycles. The first kappa shape index (κ1) is 12.1. The monoisotopic (exact) mass is 246 g/mol. The minimum atomic E-state index is -0.545. The van der Waals surface area contributed by atoms with Crippen molar-refractivity contribution in [2.75, 3.05) is 12.8 Å². The van der Waals surface area contributed by atoms with E-state index in [0.717, 1.165) is 11.3 Å². The summed E-state index contributed by atoms with van der Waals surface area (Å²) in [6.07, 6.45) is 3.38. The number of pyridine rings is 1. The van der Waals surface area contributed by atoms with Crippen LogP contribution in [0.3, 0.4) is 0 Å². The molecule has 2 heterocycles. The Morgan fingerprint density at radius 2 is 2.17 bits per heavy atom. The van der Waals surface area contributed by atoms with Gasteiger partial charge in [0.25, 0.3) is 0 Å². The molecule has 0 unspecified atom stereocenters. The molecule has 0 saturated carbocycles. The second-order valence-corrected chi connectivity index (χ2v) is 3.88. The van der Waals surface area contributed by atoms with Crippen molar-refractivity contribution < 1.29 is 9.53 Å². The third kappa shape index (κ3) is 1.81. The van der Waals surface area contributed by atoms with Crippen LogP contribution in [0.25, 0.3) is 5.69 Å². The highest BCUT2D eigenvalue weighted by molar-refractivity contribution is 5.92. The lowest BCUT2D eigenvalue weighted by Gasteiger charge is -2.09. The molecule has 2 rings (SSSR count). The van der Waals surface area contributed by atoms with E-state index in [1.807, 2.05) is 13.0 Å². The van der Waals surface area contributed by atoms with Crippen molar-refractivity contribution in [2.24, 2.45) is 0 Å². The second kappa shape index (κ2) is 4.48. The molecule has 0 aliphatic rings. The summed E-state index contributed by atoms with van der Waals surface area (Å²) in [7, 11) is 1.30. The van der Waals surface area contributed by atoms with E-state index in [-0.39, 0.29) is 11.5 Å². The molecular formula is C12H14N4O2. The zero-order valence-electron chi connectivity index (χ0n) is 10.5. The first-order valence-electron chi connectivity index (χ1n) is 5.40. The molecule has 0 aliphatic carbocycles. The van der Waals surface area contributed by atoms with Gasteiger partial charge in [-0.2, -0.15) is 0 Å². The van der Waals surface area contributed by atoms with Gasteiger partial charge in [0.2, 0.25) is 0 Å². The van der Waals surface area contributed by atoms with E-state index in [1.165, 1.54) is 7.11 Å². The molecule has 2 N–H and O–H groups in total. The molecule has 0 amide bonds. The van der Waals surface area contributed by atoms with Crippen LogP contribution >= 0.6 is 0 Å². The lowest BCUT2D eigenvalue weighted by Crippen LogP contribution is -2.08. The molecule has 0 fully saturated rings. The Balaban J connectivity index is 2.63. The molecular weight excluding hydrogens is 232 g/mol. The Bertz CT molecular complexity index is 604. The number of aromatic nitrogens is 3. The van der Waals surface area contributed by atoms with Gasteiger partial charge in [-0.05, 0) is 25.5 Å². The number of carbonyl (C=O) groups excluding carboxylic acids is 1. The highest BCUT2D eigenvalue weighted by atomic mass is 16.5. The van der Waals surface area contributed by atoms with Gasteiger partial charge in [-0.1, -0.05) is 0 Å². The predicted octanol–water partition coefficient (Wildman–Crippen LogP) is 1.25. The number of carbonyl (C=O) groups is 1. The van der Waals surface area contributed by atoms with E-state index < -0.39 is 5.97 Å². The normalized spacial score (nSPS) is 10.4. The van der Waals surface area contributed by atoms with Crippen LogP contribution in [0.15, 0.2) is 18.5 Å². The second-order valence-electron chi connectivity index (χ2n) is 3.88. The molecule has 0 bridgehead atoms. The number of anilines is 1. The lowest BCUT2D eigenvalue weighted by molar-refractivity contribution is 0.0596. The molecule has 2 aromatic rings. The molecule has 18 heavy (non-hydrogen) atoms. The van der Waals surface area contributed by atoms with Crippen LogP contribution in [-0.4, -0.2) is 27.6 Å². The topological polar surface area (TPSA) is 83.0 Å². The van der Waals surface area contributed by atoms with Crippen molar-refractivity contribution in [3.63, 3.8) is 0 Å². The fraction of sp³-hybridized carbons (Fsp3) is 0.250. The Morgan fingerprint density at radius 3 is 2.78 bits per heavy atom. The minimum Gasteiger partial charge on any atom is -0.464 e. The van der Waals surface area contributed by atoms with Crippen LogP contribution in [0.1, 0.15) is 21.9 Å². The van der Waals surface area contributed by atoms with Crippen molar-refractivity contribution in [1.29, 1.82) is 0 Å². The first-order chi connectivity index (χ1) is 8.56. The molecule has 0 spiro atoms. The maximum Gasteiger partial charge on any atom is 0.360 e. The highest BCUT2D eigenvalue weighted by Crippen LogP contribution is 2.22. The Morgan fingerprint density at radius 1 is 1.44 bits per heavy atom. The number of methoxy groups -OCH3 is 1. The van der Waals surface area contributed by atoms with Gasteiger partial charge in [0.05, 0.1) is 19.0 Å². The third-order valence-electron chi connectivity index (χ3n) is 2.71. The average molecular weight is 246 g/mol. The van der Waals surface area contributed by atoms with Gasteiger partial charge in [0, 0.05) is 6.20 Å². The zero-order chi connectivity index (χ0) is 13.3. The summed E-state index contributed by atoms with van der Waals surface area (Å²) in [5, 5.41) is 0. The molecule has 2 aromatic heterocycles. The van der Waals surface area contributed by atoms with Gasteiger partial charge in [-0.3, -0.25) is 9.55 Å². The number of rotatable bonds is 2. The number of aryl methyl sites for hydroxylation is 2. The predicted molar refractivity (Wildman–Crippen MR) is 66.6 cm³/mol. The maximum atomic E-state index is 11.5. The molecule has 94 valence electrons. The van der Waals surface area contributed by atoms with Crippen molar-refractivity contribution in [2.45, 2.75) is 13.8 Å². The highest BCUT2D eigenvalue weighted by Gasteiger charge is 2.20. The van der Waals surface area contributed by atoms with Gasteiger partial charge >= 0.3 is 5.97 Å². The summed E-state index contributed by atoms with van der Waals surface area (Å²) in [5.74, 6) is 0.329. The molecule has 6 heteroatoms. The van der Waals surface area contributed by atoms with Crippen molar-refractivity contribution in [3.05, 3.63) is 35.5 Å². The summed E-state index contributed by atoms with van der Waals surface area (Å²) in [6.45, 7) is 3.71. The molecule has 0 aromatic carbocycles. The lowest BCUT2D eigenvalue weighted by atomic mass is 10.2. The molecule has 6 nitrogen and oxygen atoms in total. The summed E-state index contributed by atoms with van der Waals surface area (Å²) in [5.41, 5.74) is 7.87. The smallest absolute Gasteiger partial charge is 0.360 e. The van der Waals surface area contributed by atoms with E-state index in [2.05, 4.69) is 14.7 Å². The van der Waals surface area contributed by atoms with Crippen LogP contribution in [0.5, 0.6) is 0 Å². The zero-order valence-corrected chi connectivity index (χ0v) is 10.5. The standard InChI is InChI=1S/C12H14N4O2/c1-7-4-5-14-6-9(7)16-8(2)15-10(11(16)13)12(17)18-3/h4-6H,13H2,1-3H3. The third-order valence-corrected chi connectivity index (χ3v) is 2.71. The molecule has 0 radical (unpaired) electrons. The van der Waals surface area contributed by atoms with E-state index in [9.17, 15) is 4.79 Å². The van der Waals surface area contributed by atoms with Gasteiger partial charge in [0.15, 0.2) is 5.69 Å². The fourth-order valence-corrected chi connectivity index (χ4v) is 1.79. The minimum absolute atomic E-state index is 0.123. The van der Waals surface area contributed by atoms with E-state index in [0.29, 0.717) is 5.82 Å². The van der Waals surface area contributed by atoms with E-state index in [4.69, 9.17) is 5.73 Å². The number of hydrogen-bond acceptors (Lipinski definition) is 5. The van der Waals surface area contributed by atoms with Crippen molar-refractivity contribution in [3.8, 4) is 5.69 Å². The quantitative estimate of drug-likeness (QED) is 0.806. The van der Waals surface area contributed by atoms with Crippen LogP contribution in [0, 0.1) is 13.8 Å². The van der Waals surface area contributed by atoms with E-state index >= 15 is 0 Å². The Labute approximate surface area is 104 Å². The van der Waals surface area contributed by atoms with Crippen molar-refractivity contribution >= 4 is 11.8 Å². The van der Waals surface area contributed by atoms with Crippen LogP contribution in [0.4, 0.5) is 5.82 Å². The number of nitrogens with two attached hydrogens (primary N) is 1. The van der Waals surface area contributed by atoms with Gasteiger partial charge in [-0.25, -0.2) is 9.78 Å². The number of esters is 1. The van der Waals surface area contributed by atoms with Gasteiger partial charge in [0.1, 0.15) is 11.6 Å². The van der Waals surface area contributed by atoms with Crippen molar-refractivity contribution in [1.82, 2.24) is 14.5 Å². The maximum absolute atomic E-state index is 11.5. The van der Waals surface area contributed by atoms with Crippen LogP contribution < -0.4 is 5.73 Å². The van der Waals surface area contributed by atoms with Crippen LogP contribution in [0.2, 0.25) is 0 Å². The fourth-order valence-electron chi connectivity index (χ4n) is 1.79.